The van der Waals surface area contributed by atoms with Crippen molar-refractivity contribution < 1.29 is 27.4 Å². The van der Waals surface area contributed by atoms with Crippen molar-refractivity contribution in [3.63, 3.8) is 0 Å². The predicted octanol–water partition coefficient (Wildman–Crippen LogP) is 4.81. The van der Waals surface area contributed by atoms with Gasteiger partial charge in [0.25, 0.3) is 0 Å². The average Bonchev–Trinajstić information content (AvgIpc) is 3.14. The highest BCUT2D eigenvalue weighted by Crippen LogP contribution is 2.27. The van der Waals surface area contributed by atoms with Crippen molar-refractivity contribution in [1.29, 1.82) is 0 Å². The van der Waals surface area contributed by atoms with Crippen LogP contribution in [0, 0.1) is 0 Å². The van der Waals surface area contributed by atoms with Crippen LogP contribution in [-0.4, -0.2) is 59.1 Å². The maximum Gasteiger partial charge on any atom is 0.573 e. The summed E-state index contributed by atoms with van der Waals surface area (Å²) in [6.07, 6.45) is -2.74. The van der Waals surface area contributed by atoms with Crippen LogP contribution in [0.2, 0.25) is 0 Å². The van der Waals surface area contributed by atoms with Crippen molar-refractivity contribution in [2.75, 3.05) is 25.0 Å². The van der Waals surface area contributed by atoms with Gasteiger partial charge in [0.15, 0.2) is 5.11 Å². The fourth-order valence-electron chi connectivity index (χ4n) is 4.25. The van der Waals surface area contributed by atoms with Gasteiger partial charge in [0.2, 0.25) is 0 Å². The lowest BCUT2D eigenvalue weighted by atomic mass is 9.99. The number of hydrogen-bond donors (Lipinski definition) is 1. The number of benzene rings is 2. The zero-order valence-corrected chi connectivity index (χ0v) is 18.6. The number of hydrogen-bond acceptors (Lipinski definition) is 4. The molecule has 0 aliphatic carbocycles. The summed E-state index contributed by atoms with van der Waals surface area (Å²) < 4.78 is 46.1. The number of carbonyl (C=O) groups excluding carboxylic acids is 1. The van der Waals surface area contributed by atoms with Crippen molar-refractivity contribution in [3.05, 3.63) is 60.2 Å². The van der Waals surface area contributed by atoms with E-state index in [0.717, 1.165) is 19.3 Å². The van der Waals surface area contributed by atoms with Crippen molar-refractivity contribution >= 4 is 29.1 Å². The van der Waals surface area contributed by atoms with Crippen molar-refractivity contribution in [2.45, 2.75) is 37.7 Å². The zero-order chi connectivity index (χ0) is 23.4. The van der Waals surface area contributed by atoms with Crippen LogP contribution in [0.1, 0.15) is 18.4 Å². The summed E-state index contributed by atoms with van der Waals surface area (Å²) in [4.78, 5) is 16.3. The second kappa shape index (κ2) is 9.86. The minimum atomic E-state index is -4.73. The van der Waals surface area contributed by atoms with Gasteiger partial charge < -0.3 is 19.7 Å². The fourth-order valence-corrected chi connectivity index (χ4v) is 4.55. The Kier molecular flexibility index (Phi) is 6.92. The van der Waals surface area contributed by atoms with Gasteiger partial charge in [-0.2, -0.15) is 0 Å². The normalized spacial score (nSPS) is 19.4. The van der Waals surface area contributed by atoms with E-state index in [1.807, 2.05) is 28.0 Å². The molecule has 6 nitrogen and oxygen atoms in total. The molecule has 1 N–H and O–H groups in total. The minimum Gasteiger partial charge on any atom is -0.447 e. The standard InChI is InChI=1S/C23H24F3N3O3S/c24-23(25,26)32-20-8-6-17(7-9-20)27-21(33)28-12-10-18(11-13-28)29-19(15-31-22(29)30)14-16-4-2-1-3-5-16/h1-9,18-19H,10-15H2,(H,27,33). The Morgan fingerprint density at radius 1 is 1.09 bits per heavy atom. The van der Waals surface area contributed by atoms with Gasteiger partial charge in [0.05, 0.1) is 6.04 Å². The molecule has 4 rings (SSSR count). The molecule has 0 saturated carbocycles. The summed E-state index contributed by atoms with van der Waals surface area (Å²) in [5.41, 5.74) is 1.74. The molecule has 2 aliphatic rings. The third kappa shape index (κ3) is 6.07. The maximum absolute atomic E-state index is 12.4. The van der Waals surface area contributed by atoms with Gasteiger partial charge in [0.1, 0.15) is 12.4 Å². The number of cyclic esters (lactones) is 1. The number of thiocarbonyl (C=S) groups is 1. The van der Waals surface area contributed by atoms with E-state index in [9.17, 15) is 18.0 Å². The van der Waals surface area contributed by atoms with Crippen LogP contribution in [0.5, 0.6) is 5.75 Å². The Balaban J connectivity index is 1.29. The molecule has 10 heteroatoms. The number of ether oxygens (including phenoxy) is 2. The smallest absolute Gasteiger partial charge is 0.447 e. The average molecular weight is 480 g/mol. The number of nitrogens with one attached hydrogen (secondary N) is 1. The molecule has 1 amide bonds. The molecule has 2 fully saturated rings. The summed E-state index contributed by atoms with van der Waals surface area (Å²) in [5, 5.41) is 3.54. The van der Waals surface area contributed by atoms with Gasteiger partial charge >= 0.3 is 12.5 Å². The van der Waals surface area contributed by atoms with Gasteiger partial charge in [-0.05, 0) is 61.3 Å². The van der Waals surface area contributed by atoms with Gasteiger partial charge in [-0.15, -0.1) is 13.2 Å². The Hall–Kier alpha value is -3.01. The molecule has 2 heterocycles. The highest BCUT2D eigenvalue weighted by Gasteiger charge is 2.39. The first-order chi connectivity index (χ1) is 15.8. The highest BCUT2D eigenvalue weighted by atomic mass is 32.1. The van der Waals surface area contributed by atoms with Gasteiger partial charge in [-0.3, -0.25) is 4.90 Å². The van der Waals surface area contributed by atoms with E-state index in [1.54, 1.807) is 0 Å². The van der Waals surface area contributed by atoms with Gasteiger partial charge in [-0.1, -0.05) is 30.3 Å². The maximum atomic E-state index is 12.4. The van der Waals surface area contributed by atoms with E-state index in [-0.39, 0.29) is 23.9 Å². The van der Waals surface area contributed by atoms with E-state index in [1.165, 1.54) is 29.8 Å². The minimum absolute atomic E-state index is 0.0129. The second-order valence-corrected chi connectivity index (χ2v) is 8.43. The van der Waals surface area contributed by atoms with Gasteiger partial charge in [0, 0.05) is 24.8 Å². The fraction of sp³-hybridized carbons (Fsp3) is 0.391. The third-order valence-electron chi connectivity index (χ3n) is 5.80. The number of nitrogens with zero attached hydrogens (tertiary/aromatic N) is 2. The number of halogens is 3. The number of alkyl halides is 3. The number of likely N-dealkylation sites (tertiary alicyclic amines) is 1. The Morgan fingerprint density at radius 3 is 2.39 bits per heavy atom. The molecule has 0 radical (unpaired) electrons. The molecule has 1 unspecified atom stereocenters. The van der Waals surface area contributed by atoms with Crippen molar-refractivity contribution in [1.82, 2.24) is 9.80 Å². The molecule has 2 aromatic carbocycles. The number of rotatable bonds is 5. The summed E-state index contributed by atoms with van der Waals surface area (Å²) in [6, 6.07) is 15.6. The molecular weight excluding hydrogens is 455 g/mol. The third-order valence-corrected chi connectivity index (χ3v) is 6.16. The topological polar surface area (TPSA) is 54.0 Å². The second-order valence-electron chi connectivity index (χ2n) is 8.05. The predicted molar refractivity (Wildman–Crippen MR) is 121 cm³/mol. The van der Waals surface area contributed by atoms with Crippen LogP contribution in [0.25, 0.3) is 0 Å². The van der Waals surface area contributed by atoms with Crippen molar-refractivity contribution in [3.8, 4) is 5.75 Å². The summed E-state index contributed by atoms with van der Waals surface area (Å²) >= 11 is 5.48. The number of anilines is 1. The molecule has 33 heavy (non-hydrogen) atoms. The zero-order valence-electron chi connectivity index (χ0n) is 17.8. The number of amides is 1. The van der Waals surface area contributed by atoms with Crippen molar-refractivity contribution in [2.24, 2.45) is 0 Å². The lowest BCUT2D eigenvalue weighted by Gasteiger charge is -2.38. The molecule has 2 aliphatic heterocycles. The van der Waals surface area contributed by atoms with Crippen LogP contribution in [0.4, 0.5) is 23.7 Å². The molecule has 176 valence electrons. The Morgan fingerprint density at radius 2 is 1.76 bits per heavy atom. The first-order valence-electron chi connectivity index (χ1n) is 10.7. The van der Waals surface area contributed by atoms with E-state index < -0.39 is 6.36 Å². The Labute approximate surface area is 195 Å². The van der Waals surface area contributed by atoms with Crippen LogP contribution >= 0.6 is 12.2 Å². The van der Waals surface area contributed by atoms with E-state index in [2.05, 4.69) is 22.2 Å². The lowest BCUT2D eigenvalue weighted by Crippen LogP contribution is -2.50. The SMILES string of the molecule is O=C1OCC(Cc2ccccc2)N1C1CCN(C(=S)Nc2ccc(OC(F)(F)F)cc2)CC1. The Bertz CT molecular complexity index is 964. The molecule has 0 aromatic heterocycles. The number of piperidine rings is 1. The summed E-state index contributed by atoms with van der Waals surface area (Å²) in [5.74, 6) is -0.290. The van der Waals surface area contributed by atoms with Crippen LogP contribution in [0.3, 0.4) is 0 Å². The quantitative estimate of drug-likeness (QED) is 0.622. The van der Waals surface area contributed by atoms with Crippen LogP contribution in [0.15, 0.2) is 54.6 Å². The summed E-state index contributed by atoms with van der Waals surface area (Å²) in [7, 11) is 0. The van der Waals surface area contributed by atoms with E-state index in [4.69, 9.17) is 17.0 Å². The van der Waals surface area contributed by atoms with Crippen LogP contribution < -0.4 is 10.1 Å². The van der Waals surface area contributed by atoms with Crippen LogP contribution in [-0.2, 0) is 11.2 Å². The van der Waals surface area contributed by atoms with Gasteiger partial charge in [-0.25, -0.2) is 4.79 Å². The first kappa shape index (κ1) is 23.2. The molecule has 0 bridgehead atoms. The first-order valence-corrected chi connectivity index (χ1v) is 11.1. The number of carbonyl (C=O) groups is 1. The largest absolute Gasteiger partial charge is 0.573 e. The highest BCUT2D eigenvalue weighted by molar-refractivity contribution is 7.80. The molecular formula is C23H24F3N3O3S. The molecule has 2 aromatic rings. The lowest BCUT2D eigenvalue weighted by molar-refractivity contribution is -0.274. The van der Waals surface area contributed by atoms with E-state index >= 15 is 0 Å². The summed E-state index contributed by atoms with van der Waals surface area (Å²) in [6.45, 7) is 1.71. The molecule has 1 atom stereocenters. The monoisotopic (exact) mass is 479 g/mol. The molecule has 2 saturated heterocycles. The van der Waals surface area contributed by atoms with E-state index in [0.29, 0.717) is 30.5 Å². The molecule has 0 spiro atoms.